The standard InChI is InChI=1S/C14H16BrNS2/c1-14(2,3)11-6-4-10(5-7-11)9-17-13-16-8-12(15)18-13/h4-8H,9H2,1-3H3. The maximum atomic E-state index is 4.32. The Morgan fingerprint density at radius 3 is 2.39 bits per heavy atom. The molecule has 1 nitrogen and oxygen atoms in total. The number of nitrogens with zero attached hydrogens (tertiary/aromatic N) is 1. The molecule has 0 aliphatic carbocycles. The van der Waals surface area contributed by atoms with Gasteiger partial charge in [-0.25, -0.2) is 4.98 Å². The van der Waals surface area contributed by atoms with Gasteiger partial charge >= 0.3 is 0 Å². The number of rotatable bonds is 3. The van der Waals surface area contributed by atoms with Gasteiger partial charge in [-0.3, -0.25) is 0 Å². The maximum absolute atomic E-state index is 4.32. The summed E-state index contributed by atoms with van der Waals surface area (Å²) in [5.41, 5.74) is 2.96. The van der Waals surface area contributed by atoms with Gasteiger partial charge in [-0.05, 0) is 32.5 Å². The van der Waals surface area contributed by atoms with Gasteiger partial charge in [0.15, 0.2) is 4.34 Å². The van der Waals surface area contributed by atoms with E-state index >= 15 is 0 Å². The van der Waals surface area contributed by atoms with E-state index in [2.05, 4.69) is 66.0 Å². The highest BCUT2D eigenvalue weighted by atomic mass is 79.9. The van der Waals surface area contributed by atoms with Crippen molar-refractivity contribution in [2.45, 2.75) is 36.3 Å². The lowest BCUT2D eigenvalue weighted by Crippen LogP contribution is -2.10. The van der Waals surface area contributed by atoms with Crippen molar-refractivity contribution < 1.29 is 0 Å². The third-order valence-corrected chi connectivity index (χ3v) is 5.34. The van der Waals surface area contributed by atoms with Crippen LogP contribution in [0.1, 0.15) is 31.9 Å². The molecule has 0 atom stereocenters. The fraction of sp³-hybridized carbons (Fsp3) is 0.357. The van der Waals surface area contributed by atoms with Gasteiger partial charge in [-0.1, -0.05) is 56.8 Å². The summed E-state index contributed by atoms with van der Waals surface area (Å²) in [5, 5.41) is 0. The summed E-state index contributed by atoms with van der Waals surface area (Å²) in [6.07, 6.45) is 1.86. The molecule has 0 aliphatic heterocycles. The van der Waals surface area contributed by atoms with Crippen LogP contribution < -0.4 is 0 Å². The summed E-state index contributed by atoms with van der Waals surface area (Å²) in [4.78, 5) is 4.32. The van der Waals surface area contributed by atoms with Crippen LogP contribution in [0.2, 0.25) is 0 Å². The zero-order valence-corrected chi connectivity index (χ0v) is 14.0. The quantitative estimate of drug-likeness (QED) is 0.684. The molecule has 0 saturated carbocycles. The van der Waals surface area contributed by atoms with Crippen molar-refractivity contribution >= 4 is 39.0 Å². The zero-order chi connectivity index (χ0) is 13.2. The van der Waals surface area contributed by atoms with E-state index in [0.29, 0.717) is 0 Å². The normalized spacial score (nSPS) is 11.8. The van der Waals surface area contributed by atoms with E-state index < -0.39 is 0 Å². The molecule has 18 heavy (non-hydrogen) atoms. The number of benzene rings is 1. The molecule has 0 spiro atoms. The molecule has 0 aliphatic rings. The Balaban J connectivity index is 1.98. The molecule has 2 aromatic rings. The lowest BCUT2D eigenvalue weighted by atomic mass is 9.87. The fourth-order valence-electron chi connectivity index (χ4n) is 1.55. The highest BCUT2D eigenvalue weighted by Crippen LogP contribution is 2.30. The van der Waals surface area contributed by atoms with Crippen LogP contribution in [0, 0.1) is 0 Å². The monoisotopic (exact) mass is 341 g/mol. The molecule has 0 unspecified atom stereocenters. The van der Waals surface area contributed by atoms with Crippen molar-refractivity contribution in [2.24, 2.45) is 0 Å². The number of thioether (sulfide) groups is 1. The predicted molar refractivity (Wildman–Crippen MR) is 84.5 cm³/mol. The second kappa shape index (κ2) is 5.76. The molecule has 2 rings (SSSR count). The highest BCUT2D eigenvalue weighted by molar-refractivity contribution is 9.11. The van der Waals surface area contributed by atoms with Crippen LogP contribution in [0.15, 0.2) is 38.6 Å². The highest BCUT2D eigenvalue weighted by Gasteiger charge is 2.12. The summed E-state index contributed by atoms with van der Waals surface area (Å²) in [7, 11) is 0. The molecule has 1 aromatic heterocycles. The SMILES string of the molecule is CC(C)(C)c1ccc(CSc2ncc(Br)s2)cc1. The predicted octanol–water partition coefficient (Wildman–Crippen LogP) is 5.50. The first-order chi connectivity index (χ1) is 8.45. The molecule has 0 fully saturated rings. The number of halogens is 1. The third-order valence-electron chi connectivity index (χ3n) is 2.64. The molecule has 96 valence electrons. The first-order valence-electron chi connectivity index (χ1n) is 5.79. The van der Waals surface area contributed by atoms with E-state index in [-0.39, 0.29) is 5.41 Å². The van der Waals surface area contributed by atoms with Crippen LogP contribution in [0.3, 0.4) is 0 Å². The van der Waals surface area contributed by atoms with Gasteiger partial charge in [0.25, 0.3) is 0 Å². The number of aromatic nitrogens is 1. The van der Waals surface area contributed by atoms with Gasteiger partial charge in [-0.15, -0.1) is 11.3 Å². The van der Waals surface area contributed by atoms with Gasteiger partial charge in [0.2, 0.25) is 0 Å². The van der Waals surface area contributed by atoms with E-state index in [1.165, 1.54) is 11.1 Å². The topological polar surface area (TPSA) is 12.9 Å². The minimum atomic E-state index is 0.228. The molecule has 0 N–H and O–H groups in total. The third kappa shape index (κ3) is 3.84. The Morgan fingerprint density at radius 2 is 1.89 bits per heavy atom. The van der Waals surface area contributed by atoms with Gasteiger partial charge in [-0.2, -0.15) is 0 Å². The smallest absolute Gasteiger partial charge is 0.151 e. The average Bonchev–Trinajstić information content (AvgIpc) is 2.72. The van der Waals surface area contributed by atoms with Crippen molar-refractivity contribution in [1.29, 1.82) is 0 Å². The van der Waals surface area contributed by atoms with Gasteiger partial charge in [0, 0.05) is 5.75 Å². The number of thiazole rings is 1. The summed E-state index contributed by atoms with van der Waals surface area (Å²) >= 11 is 6.90. The van der Waals surface area contributed by atoms with E-state index in [0.717, 1.165) is 13.9 Å². The maximum Gasteiger partial charge on any atom is 0.151 e. The lowest BCUT2D eigenvalue weighted by molar-refractivity contribution is 0.590. The van der Waals surface area contributed by atoms with Gasteiger partial charge in [0.1, 0.15) is 0 Å². The van der Waals surface area contributed by atoms with Crippen molar-refractivity contribution in [1.82, 2.24) is 4.98 Å². The fourth-order valence-corrected chi connectivity index (χ4v) is 4.11. The second-order valence-electron chi connectivity index (χ2n) is 5.17. The van der Waals surface area contributed by atoms with Crippen molar-refractivity contribution in [2.75, 3.05) is 0 Å². The van der Waals surface area contributed by atoms with Gasteiger partial charge in [0.05, 0.1) is 9.98 Å². The molecule has 4 heteroatoms. The van der Waals surface area contributed by atoms with E-state index in [1.54, 1.807) is 23.1 Å². The average molecular weight is 342 g/mol. The first-order valence-corrected chi connectivity index (χ1v) is 8.38. The largest absolute Gasteiger partial charge is 0.237 e. The summed E-state index contributed by atoms with van der Waals surface area (Å²) in [5.74, 6) is 0.977. The van der Waals surface area contributed by atoms with E-state index in [4.69, 9.17) is 0 Å². The minimum Gasteiger partial charge on any atom is -0.237 e. The van der Waals surface area contributed by atoms with Crippen LogP contribution in [0.25, 0.3) is 0 Å². The lowest BCUT2D eigenvalue weighted by Gasteiger charge is -2.19. The Hall–Kier alpha value is -0.320. The number of hydrogen-bond acceptors (Lipinski definition) is 3. The Bertz CT molecular complexity index is 511. The second-order valence-corrected chi connectivity index (χ2v) is 8.80. The Labute approximate surface area is 125 Å². The van der Waals surface area contributed by atoms with E-state index in [1.807, 2.05) is 6.20 Å². The van der Waals surface area contributed by atoms with E-state index in [9.17, 15) is 0 Å². The van der Waals surface area contributed by atoms with Gasteiger partial charge < -0.3 is 0 Å². The Kier molecular flexibility index (Phi) is 4.51. The minimum absolute atomic E-state index is 0.228. The molecule has 1 aromatic carbocycles. The molecule has 0 bridgehead atoms. The van der Waals surface area contributed by atoms with Crippen LogP contribution in [-0.2, 0) is 11.2 Å². The zero-order valence-electron chi connectivity index (χ0n) is 10.7. The van der Waals surface area contributed by atoms with Crippen molar-refractivity contribution in [3.8, 4) is 0 Å². The molecule has 0 saturated heterocycles. The van der Waals surface area contributed by atoms with Crippen molar-refractivity contribution in [3.63, 3.8) is 0 Å². The Morgan fingerprint density at radius 1 is 1.22 bits per heavy atom. The summed E-state index contributed by atoms with van der Waals surface area (Å²) in [6, 6.07) is 8.90. The molecule has 0 radical (unpaired) electrons. The van der Waals surface area contributed by atoms with Crippen LogP contribution in [0.5, 0.6) is 0 Å². The molecular weight excluding hydrogens is 326 g/mol. The summed E-state index contributed by atoms with van der Waals surface area (Å²) < 4.78 is 2.20. The molecule has 0 amide bonds. The molecule has 1 heterocycles. The van der Waals surface area contributed by atoms with Crippen LogP contribution in [-0.4, -0.2) is 4.98 Å². The van der Waals surface area contributed by atoms with Crippen LogP contribution in [0.4, 0.5) is 0 Å². The molecular formula is C14H16BrNS2. The van der Waals surface area contributed by atoms with Crippen LogP contribution >= 0.6 is 39.0 Å². The summed E-state index contributed by atoms with van der Waals surface area (Å²) in [6.45, 7) is 6.72. The van der Waals surface area contributed by atoms with Crippen molar-refractivity contribution in [3.05, 3.63) is 45.4 Å². The number of hydrogen-bond donors (Lipinski definition) is 0. The first kappa shape index (κ1) is 14.1.